The molecule has 51 heavy (non-hydrogen) atoms. The molecule has 1 unspecified atom stereocenters. The van der Waals surface area contributed by atoms with Crippen LogP contribution in [0.5, 0.6) is 0 Å². The lowest BCUT2D eigenvalue weighted by Gasteiger charge is -2.27. The Bertz CT molecular complexity index is 3000. The first kappa shape index (κ1) is 28.4. The molecule has 0 saturated carbocycles. The molecule has 10 aromatic rings. The first-order chi connectivity index (χ1) is 25.3. The number of fused-ring (bicyclic) bond motifs is 10. The largest absolute Gasteiger partial charge is 0.346 e. The molecule has 0 bridgehead atoms. The topological polar surface area (TPSA) is 34.2 Å². The van der Waals surface area contributed by atoms with Crippen LogP contribution in [0.1, 0.15) is 17.4 Å². The lowest BCUT2D eigenvalue weighted by Crippen LogP contribution is -2.29. The van der Waals surface area contributed by atoms with E-state index in [0.29, 0.717) is 0 Å². The zero-order valence-electron chi connectivity index (χ0n) is 27.5. The molecule has 5 heteroatoms. The summed E-state index contributed by atoms with van der Waals surface area (Å²) < 4.78 is 7.43. The number of aliphatic imine (C=N–C) groups is 1. The Labute approximate surface area is 297 Å². The van der Waals surface area contributed by atoms with Crippen molar-refractivity contribution in [2.45, 2.75) is 6.29 Å². The normalized spacial score (nSPS) is 14.9. The Morgan fingerprint density at radius 1 is 0.510 bits per heavy atom. The van der Waals surface area contributed by atoms with Crippen LogP contribution in [0.2, 0.25) is 0 Å². The van der Waals surface area contributed by atoms with Gasteiger partial charge in [0, 0.05) is 53.1 Å². The van der Waals surface area contributed by atoms with Gasteiger partial charge in [-0.3, -0.25) is 0 Å². The van der Waals surface area contributed by atoms with Crippen molar-refractivity contribution in [3.63, 3.8) is 0 Å². The van der Waals surface area contributed by atoms with Crippen LogP contribution in [-0.4, -0.2) is 14.8 Å². The Kier molecular flexibility index (Phi) is 6.15. The zero-order valence-corrected chi connectivity index (χ0v) is 28.3. The Morgan fingerprint density at radius 3 is 1.88 bits per heavy atom. The molecule has 0 saturated heterocycles. The third-order valence-electron chi connectivity index (χ3n) is 10.4. The number of benzene rings is 7. The van der Waals surface area contributed by atoms with Gasteiger partial charge in [-0.2, -0.15) is 0 Å². The third-order valence-corrected chi connectivity index (χ3v) is 11.6. The molecule has 1 N–H and O–H groups in total. The highest BCUT2D eigenvalue weighted by Crippen LogP contribution is 2.44. The summed E-state index contributed by atoms with van der Waals surface area (Å²) in [4.78, 5) is 5.44. The second-order valence-corrected chi connectivity index (χ2v) is 14.3. The number of hydrogen-bond acceptors (Lipinski definition) is 3. The van der Waals surface area contributed by atoms with E-state index in [4.69, 9.17) is 4.99 Å². The Balaban J connectivity index is 1.22. The molecular weight excluding hydrogens is 641 g/mol. The minimum atomic E-state index is -0.369. The summed E-state index contributed by atoms with van der Waals surface area (Å²) in [7, 11) is 0. The van der Waals surface area contributed by atoms with E-state index in [1.54, 1.807) is 0 Å². The fourth-order valence-corrected chi connectivity index (χ4v) is 9.36. The maximum absolute atomic E-state index is 5.44. The summed E-state index contributed by atoms with van der Waals surface area (Å²) >= 11 is 1.88. The minimum Gasteiger partial charge on any atom is -0.346 e. The van der Waals surface area contributed by atoms with Gasteiger partial charge >= 0.3 is 0 Å². The average Bonchev–Trinajstić information content (AvgIpc) is 3.86. The second kappa shape index (κ2) is 11.0. The number of hydrogen-bond donors (Lipinski definition) is 1. The lowest BCUT2D eigenvalue weighted by molar-refractivity contribution is 0.508. The number of nitrogens with zero attached hydrogens (tertiary/aromatic N) is 3. The molecule has 0 aliphatic carbocycles. The van der Waals surface area contributed by atoms with E-state index < -0.39 is 0 Å². The van der Waals surface area contributed by atoms with Gasteiger partial charge in [-0.05, 0) is 59.7 Å². The van der Waals surface area contributed by atoms with Crippen LogP contribution in [0, 0.1) is 0 Å². The molecule has 4 nitrogen and oxygen atoms in total. The predicted octanol–water partition coefficient (Wildman–Crippen LogP) is 11.8. The molecule has 0 radical (unpaired) electrons. The van der Waals surface area contributed by atoms with Crippen LogP contribution in [0.15, 0.2) is 175 Å². The molecule has 11 rings (SSSR count). The number of allylic oxidation sites excluding steroid dienone is 1. The van der Waals surface area contributed by atoms with Gasteiger partial charge in [-0.1, -0.05) is 121 Å². The first-order valence-electron chi connectivity index (χ1n) is 17.3. The summed E-state index contributed by atoms with van der Waals surface area (Å²) in [6.45, 7) is 0. The maximum Gasteiger partial charge on any atom is 0.201 e. The van der Waals surface area contributed by atoms with Crippen molar-refractivity contribution in [1.82, 2.24) is 14.5 Å². The molecule has 0 amide bonds. The van der Waals surface area contributed by atoms with Crippen LogP contribution >= 0.6 is 11.3 Å². The Hall–Kier alpha value is -6.43. The second-order valence-electron chi connectivity index (χ2n) is 13.2. The number of aromatic nitrogens is 2. The molecule has 240 valence electrons. The molecule has 4 heterocycles. The molecule has 1 aliphatic rings. The summed E-state index contributed by atoms with van der Waals surface area (Å²) in [5, 5.41) is 11.5. The van der Waals surface area contributed by atoms with Gasteiger partial charge in [0.25, 0.3) is 0 Å². The first-order valence-corrected chi connectivity index (χ1v) is 18.2. The molecule has 1 atom stereocenters. The molecule has 1 aliphatic heterocycles. The van der Waals surface area contributed by atoms with Crippen molar-refractivity contribution in [2.75, 3.05) is 0 Å². The fourth-order valence-electron chi connectivity index (χ4n) is 8.10. The van der Waals surface area contributed by atoms with Crippen LogP contribution in [0.4, 0.5) is 0 Å². The van der Waals surface area contributed by atoms with Crippen molar-refractivity contribution in [2.24, 2.45) is 4.99 Å². The SMILES string of the molecule is C1=C(c2ccccc2)NC(n2c3ccc(-n4c5ccccc5c5ccccc54)cc3c3c4sc5ccccc5c4ccc32)N=C1c1ccccc1. The Morgan fingerprint density at radius 2 is 1.14 bits per heavy atom. The van der Waals surface area contributed by atoms with Crippen LogP contribution in [0.3, 0.4) is 0 Å². The van der Waals surface area contributed by atoms with Crippen molar-refractivity contribution in [3.05, 3.63) is 181 Å². The van der Waals surface area contributed by atoms with Gasteiger partial charge in [-0.25, -0.2) is 4.99 Å². The minimum absolute atomic E-state index is 0.369. The quantitative estimate of drug-likeness (QED) is 0.199. The van der Waals surface area contributed by atoms with Gasteiger partial charge < -0.3 is 14.5 Å². The van der Waals surface area contributed by atoms with E-state index in [2.05, 4.69) is 184 Å². The van der Waals surface area contributed by atoms with E-state index in [9.17, 15) is 0 Å². The summed E-state index contributed by atoms with van der Waals surface area (Å²) in [5.41, 5.74) is 10.1. The number of nitrogens with one attached hydrogen (secondary N) is 1. The fraction of sp³-hybridized carbons (Fsp3) is 0.0217. The smallest absolute Gasteiger partial charge is 0.201 e. The molecule has 3 aromatic heterocycles. The van der Waals surface area contributed by atoms with Crippen molar-refractivity contribution >= 4 is 86.5 Å². The predicted molar refractivity (Wildman–Crippen MR) is 216 cm³/mol. The van der Waals surface area contributed by atoms with Gasteiger partial charge in [0.15, 0.2) is 0 Å². The van der Waals surface area contributed by atoms with Crippen molar-refractivity contribution in [3.8, 4) is 5.69 Å². The van der Waals surface area contributed by atoms with Crippen LogP contribution in [-0.2, 0) is 0 Å². The maximum atomic E-state index is 5.44. The van der Waals surface area contributed by atoms with E-state index in [0.717, 1.165) is 39.3 Å². The van der Waals surface area contributed by atoms with Crippen molar-refractivity contribution in [1.29, 1.82) is 0 Å². The highest BCUT2D eigenvalue weighted by Gasteiger charge is 2.25. The zero-order chi connectivity index (χ0) is 33.5. The lowest BCUT2D eigenvalue weighted by atomic mass is 10.0. The van der Waals surface area contributed by atoms with E-state index in [1.807, 2.05) is 11.3 Å². The number of thiophene rings is 1. The highest BCUT2D eigenvalue weighted by atomic mass is 32.1. The van der Waals surface area contributed by atoms with Crippen molar-refractivity contribution < 1.29 is 0 Å². The van der Waals surface area contributed by atoms with Gasteiger partial charge in [0.05, 0.1) is 27.8 Å². The summed E-state index contributed by atoms with van der Waals surface area (Å²) in [6.07, 6.45) is 1.81. The third kappa shape index (κ3) is 4.28. The van der Waals surface area contributed by atoms with Gasteiger partial charge in [0.2, 0.25) is 6.29 Å². The number of rotatable bonds is 4. The number of para-hydroxylation sites is 2. The highest BCUT2D eigenvalue weighted by molar-refractivity contribution is 7.26. The molecule has 0 spiro atoms. The van der Waals surface area contributed by atoms with Crippen LogP contribution < -0.4 is 5.32 Å². The van der Waals surface area contributed by atoms with Gasteiger partial charge in [0.1, 0.15) is 0 Å². The van der Waals surface area contributed by atoms with E-state index in [1.165, 1.54) is 52.8 Å². The van der Waals surface area contributed by atoms with Crippen LogP contribution in [0.25, 0.3) is 75.2 Å². The van der Waals surface area contributed by atoms with E-state index >= 15 is 0 Å². The average molecular weight is 671 g/mol. The molecule has 7 aromatic carbocycles. The monoisotopic (exact) mass is 670 g/mol. The standard InChI is InChI=1S/C46H30N4S/c1-3-13-29(14-4-1)37-28-38(30-15-5-2-6-16-30)48-46(47-37)50-41-25-23-31(49-39-20-10-7-17-32(39)33-18-8-11-21-40(33)49)27-36(41)44-42(50)26-24-35-34-19-9-12-22-43(34)51-45(35)44/h1-28,46-47H. The van der Waals surface area contributed by atoms with E-state index in [-0.39, 0.29) is 6.29 Å². The molecule has 0 fully saturated rings. The summed E-state index contributed by atoms with van der Waals surface area (Å²) in [5.74, 6) is 0. The van der Waals surface area contributed by atoms with Gasteiger partial charge in [-0.15, -0.1) is 11.3 Å². The molecular formula is C46H30N4S. The summed E-state index contributed by atoms with van der Waals surface area (Å²) in [6, 6.07) is 58.9.